The van der Waals surface area contributed by atoms with Crippen LogP contribution in [0.15, 0.2) is 11.4 Å². The number of carboxylic acid groups (broad SMARTS) is 1. The standard InChI is InChI=1S/C13H14N2O4S/c16-10(17)9-8(3-6-20-9)7-15-11(18)13(14-12(15)19)4-1-2-5-13/h3,6H,1-2,4-5,7H2,(H,14,19)(H,16,17). The number of urea groups is 1. The second-order valence-electron chi connectivity index (χ2n) is 5.19. The maximum Gasteiger partial charge on any atom is 0.346 e. The highest BCUT2D eigenvalue weighted by atomic mass is 32.1. The topological polar surface area (TPSA) is 86.7 Å². The number of rotatable bonds is 3. The van der Waals surface area contributed by atoms with Crippen molar-refractivity contribution in [2.24, 2.45) is 0 Å². The molecule has 1 saturated carbocycles. The molecule has 3 rings (SSSR count). The minimum Gasteiger partial charge on any atom is -0.477 e. The van der Waals surface area contributed by atoms with E-state index in [1.54, 1.807) is 11.4 Å². The number of hydrogen-bond donors (Lipinski definition) is 2. The zero-order valence-electron chi connectivity index (χ0n) is 10.7. The molecular formula is C13H14N2O4S. The molecule has 1 spiro atoms. The fourth-order valence-corrected chi connectivity index (χ4v) is 3.71. The molecule has 0 bridgehead atoms. The van der Waals surface area contributed by atoms with Crippen LogP contribution in [0.5, 0.6) is 0 Å². The average Bonchev–Trinajstić information content (AvgIpc) is 3.07. The van der Waals surface area contributed by atoms with Gasteiger partial charge in [-0.1, -0.05) is 12.8 Å². The van der Waals surface area contributed by atoms with Crippen molar-refractivity contribution in [1.82, 2.24) is 10.2 Å². The summed E-state index contributed by atoms with van der Waals surface area (Å²) in [7, 11) is 0. The van der Waals surface area contributed by atoms with Gasteiger partial charge in [-0.25, -0.2) is 9.59 Å². The van der Waals surface area contributed by atoms with Crippen molar-refractivity contribution < 1.29 is 19.5 Å². The maximum atomic E-state index is 12.4. The Balaban J connectivity index is 1.84. The summed E-state index contributed by atoms with van der Waals surface area (Å²) >= 11 is 1.10. The quantitative estimate of drug-likeness (QED) is 0.832. The Hall–Kier alpha value is -1.89. The highest BCUT2D eigenvalue weighted by Crippen LogP contribution is 2.36. The van der Waals surface area contributed by atoms with E-state index in [0.717, 1.165) is 29.1 Å². The number of imide groups is 1. The second-order valence-corrected chi connectivity index (χ2v) is 6.11. The van der Waals surface area contributed by atoms with Crippen LogP contribution in [0.1, 0.15) is 40.9 Å². The van der Waals surface area contributed by atoms with Crippen LogP contribution in [0.4, 0.5) is 4.79 Å². The van der Waals surface area contributed by atoms with Crippen LogP contribution in [-0.4, -0.2) is 33.5 Å². The van der Waals surface area contributed by atoms with Crippen molar-refractivity contribution in [3.05, 3.63) is 21.9 Å². The van der Waals surface area contributed by atoms with Crippen molar-refractivity contribution in [1.29, 1.82) is 0 Å². The number of nitrogens with one attached hydrogen (secondary N) is 1. The molecule has 7 heteroatoms. The summed E-state index contributed by atoms with van der Waals surface area (Å²) in [5.41, 5.74) is -0.239. The molecule has 0 atom stereocenters. The van der Waals surface area contributed by atoms with Crippen LogP contribution < -0.4 is 5.32 Å². The Morgan fingerprint density at radius 3 is 2.75 bits per heavy atom. The lowest BCUT2D eigenvalue weighted by Gasteiger charge is -2.19. The van der Waals surface area contributed by atoms with Crippen LogP contribution in [-0.2, 0) is 11.3 Å². The zero-order valence-corrected chi connectivity index (χ0v) is 11.5. The van der Waals surface area contributed by atoms with Crippen LogP contribution in [0.25, 0.3) is 0 Å². The third kappa shape index (κ3) is 1.89. The summed E-state index contributed by atoms with van der Waals surface area (Å²) in [6.45, 7) is 0.0253. The summed E-state index contributed by atoms with van der Waals surface area (Å²) in [4.78, 5) is 36.8. The van der Waals surface area contributed by atoms with Crippen LogP contribution in [0.2, 0.25) is 0 Å². The highest BCUT2D eigenvalue weighted by Gasteiger charge is 2.52. The van der Waals surface area contributed by atoms with Gasteiger partial charge in [0.1, 0.15) is 10.4 Å². The lowest BCUT2D eigenvalue weighted by molar-refractivity contribution is -0.131. The molecule has 1 aliphatic heterocycles. The molecule has 3 amide bonds. The van der Waals surface area contributed by atoms with Crippen molar-refractivity contribution in [3.8, 4) is 0 Å². The summed E-state index contributed by atoms with van der Waals surface area (Å²) < 4.78 is 0. The van der Waals surface area contributed by atoms with E-state index in [1.165, 1.54) is 0 Å². The molecule has 106 valence electrons. The Bertz CT molecular complexity index is 589. The Kier molecular flexibility index (Phi) is 3.01. The lowest BCUT2D eigenvalue weighted by atomic mass is 9.98. The monoisotopic (exact) mass is 294 g/mol. The first kappa shape index (κ1) is 13.1. The number of nitrogens with zero attached hydrogens (tertiary/aromatic N) is 1. The molecule has 1 aliphatic carbocycles. The molecule has 2 N–H and O–H groups in total. The van der Waals surface area contributed by atoms with E-state index >= 15 is 0 Å². The Morgan fingerprint density at radius 1 is 1.40 bits per heavy atom. The molecule has 6 nitrogen and oxygen atoms in total. The van der Waals surface area contributed by atoms with Gasteiger partial charge in [0.15, 0.2) is 0 Å². The van der Waals surface area contributed by atoms with Crippen molar-refractivity contribution >= 4 is 29.2 Å². The molecule has 0 aromatic carbocycles. The number of carbonyl (C=O) groups is 3. The second kappa shape index (κ2) is 4.59. The van der Waals surface area contributed by atoms with E-state index in [9.17, 15) is 14.4 Å². The first-order valence-corrected chi connectivity index (χ1v) is 7.35. The molecular weight excluding hydrogens is 280 g/mol. The number of hydrogen-bond acceptors (Lipinski definition) is 4. The van der Waals surface area contributed by atoms with Gasteiger partial charge in [0.25, 0.3) is 5.91 Å². The number of amides is 3. The van der Waals surface area contributed by atoms with Gasteiger partial charge >= 0.3 is 12.0 Å². The first-order chi connectivity index (χ1) is 9.53. The van der Waals surface area contributed by atoms with Gasteiger partial charge in [0, 0.05) is 0 Å². The number of thiophene rings is 1. The molecule has 1 aromatic heterocycles. The average molecular weight is 294 g/mol. The van der Waals surface area contributed by atoms with E-state index < -0.39 is 17.5 Å². The van der Waals surface area contributed by atoms with Gasteiger partial charge in [0.05, 0.1) is 6.54 Å². The summed E-state index contributed by atoms with van der Waals surface area (Å²) in [5.74, 6) is -1.25. The predicted molar refractivity (Wildman–Crippen MR) is 71.6 cm³/mol. The van der Waals surface area contributed by atoms with Crippen molar-refractivity contribution in [2.75, 3.05) is 0 Å². The Morgan fingerprint density at radius 2 is 2.10 bits per heavy atom. The molecule has 1 aromatic rings. The third-order valence-electron chi connectivity index (χ3n) is 3.97. The maximum absolute atomic E-state index is 12.4. The fourth-order valence-electron chi connectivity index (χ4n) is 2.96. The van der Waals surface area contributed by atoms with Crippen LogP contribution in [0, 0.1) is 0 Å². The van der Waals surface area contributed by atoms with Gasteiger partial charge in [0.2, 0.25) is 0 Å². The van der Waals surface area contributed by atoms with E-state index in [-0.39, 0.29) is 17.3 Å². The molecule has 2 fully saturated rings. The summed E-state index contributed by atoms with van der Waals surface area (Å²) in [6.07, 6.45) is 3.20. The molecule has 20 heavy (non-hydrogen) atoms. The lowest BCUT2D eigenvalue weighted by Crippen LogP contribution is -2.44. The fraction of sp³-hybridized carbons (Fsp3) is 0.462. The predicted octanol–water partition coefficient (Wildman–Crippen LogP) is 1.81. The van der Waals surface area contributed by atoms with Crippen molar-refractivity contribution in [2.45, 2.75) is 37.8 Å². The Labute approximate surface area is 119 Å². The number of carboxylic acids is 1. The van der Waals surface area contributed by atoms with Gasteiger partial charge < -0.3 is 10.4 Å². The van der Waals surface area contributed by atoms with Gasteiger partial charge in [-0.2, -0.15) is 0 Å². The van der Waals surface area contributed by atoms with E-state index in [2.05, 4.69) is 5.32 Å². The summed E-state index contributed by atoms with van der Waals surface area (Å²) in [5, 5.41) is 13.5. The largest absolute Gasteiger partial charge is 0.477 e. The zero-order chi connectivity index (χ0) is 14.3. The van der Waals surface area contributed by atoms with Crippen LogP contribution >= 0.6 is 11.3 Å². The third-order valence-corrected chi connectivity index (χ3v) is 4.92. The summed E-state index contributed by atoms with van der Waals surface area (Å²) in [6, 6.07) is 1.23. The smallest absolute Gasteiger partial charge is 0.346 e. The number of aromatic carboxylic acids is 1. The van der Waals surface area contributed by atoms with Gasteiger partial charge in [-0.15, -0.1) is 11.3 Å². The SMILES string of the molecule is O=C(O)c1sccc1CN1C(=O)NC2(CCCC2)C1=O. The molecule has 2 heterocycles. The minimum absolute atomic E-state index is 0.0253. The minimum atomic E-state index is -1.03. The molecule has 0 unspecified atom stereocenters. The highest BCUT2D eigenvalue weighted by molar-refractivity contribution is 7.12. The van der Waals surface area contributed by atoms with Gasteiger partial charge in [-0.05, 0) is 29.9 Å². The van der Waals surface area contributed by atoms with E-state index in [1.807, 2.05) is 0 Å². The molecule has 1 saturated heterocycles. The first-order valence-electron chi connectivity index (χ1n) is 6.47. The van der Waals surface area contributed by atoms with E-state index in [0.29, 0.717) is 18.4 Å². The number of carbonyl (C=O) groups excluding carboxylic acids is 2. The van der Waals surface area contributed by atoms with E-state index in [4.69, 9.17) is 5.11 Å². The normalized spacial score (nSPS) is 20.7. The van der Waals surface area contributed by atoms with Crippen molar-refractivity contribution in [3.63, 3.8) is 0 Å². The van der Waals surface area contributed by atoms with Crippen LogP contribution in [0.3, 0.4) is 0 Å². The molecule has 2 aliphatic rings. The van der Waals surface area contributed by atoms with Gasteiger partial charge in [-0.3, -0.25) is 9.69 Å². The molecule has 0 radical (unpaired) electrons.